The maximum atomic E-state index is 12.8. The van der Waals surface area contributed by atoms with Crippen LogP contribution in [0.5, 0.6) is 5.75 Å². The van der Waals surface area contributed by atoms with Crippen molar-refractivity contribution in [2.24, 2.45) is 0 Å². The Balaban J connectivity index is 1.50. The predicted octanol–water partition coefficient (Wildman–Crippen LogP) is 3.12. The average molecular weight is 495 g/mol. The molecule has 1 aromatic heterocycles. The molecule has 10 heteroatoms. The molecule has 1 atom stereocenters. The number of amides is 3. The Morgan fingerprint density at radius 2 is 1.78 bits per heavy atom. The summed E-state index contributed by atoms with van der Waals surface area (Å²) in [7, 11) is 0. The molecule has 1 aliphatic heterocycles. The molecule has 0 fully saturated rings. The number of hydrogen-bond acceptors (Lipinski definition) is 7. The second kappa shape index (κ2) is 9.98. The molecule has 0 bridgehead atoms. The summed E-state index contributed by atoms with van der Waals surface area (Å²) < 4.78 is 12.8. The van der Waals surface area contributed by atoms with Crippen LogP contribution in [0.2, 0.25) is 0 Å². The molecule has 0 saturated carbocycles. The summed E-state index contributed by atoms with van der Waals surface area (Å²) in [5.74, 6) is 0.289. The molecule has 2 aromatic carbocycles. The predicted molar refractivity (Wildman–Crippen MR) is 132 cm³/mol. The number of fused-ring (bicyclic) bond motifs is 2. The Morgan fingerprint density at radius 3 is 2.39 bits per heavy atom. The highest BCUT2D eigenvalue weighted by Crippen LogP contribution is 2.27. The van der Waals surface area contributed by atoms with Crippen LogP contribution >= 0.6 is 0 Å². The van der Waals surface area contributed by atoms with Gasteiger partial charge < -0.3 is 24.5 Å². The number of ether oxygens (including phenoxy) is 2. The molecule has 0 saturated heterocycles. The van der Waals surface area contributed by atoms with Crippen LogP contribution in [0.25, 0.3) is 11.0 Å². The minimum atomic E-state index is -0.689. The zero-order valence-electron chi connectivity index (χ0n) is 20.8. The highest BCUT2D eigenvalue weighted by atomic mass is 16.6. The minimum Gasteiger partial charge on any atom is -0.492 e. The molecule has 0 spiro atoms. The molecule has 36 heavy (non-hydrogen) atoms. The fourth-order valence-electron chi connectivity index (χ4n) is 3.99. The first kappa shape index (κ1) is 25.2. The standard InChI is InChI=1S/C26H30N4O6/c1-16(31)14-29-21-13-17(35-12-11-27-25(34)36-26(2,3)4)9-10-20(21)28-22(29)15-30-23(32)18-7-5-6-8-19(18)24(30)33/h5-10,13,16,31H,11-12,14-15H2,1-4H3,(H,27,34)/t16-/m0/s1. The number of carbonyl (C=O) groups is 3. The lowest BCUT2D eigenvalue weighted by Gasteiger charge is -2.19. The van der Waals surface area contributed by atoms with E-state index >= 15 is 0 Å². The number of alkyl carbamates (subject to hydrolysis) is 1. The number of aromatic nitrogens is 2. The fourth-order valence-corrected chi connectivity index (χ4v) is 3.99. The summed E-state index contributed by atoms with van der Waals surface area (Å²) >= 11 is 0. The van der Waals surface area contributed by atoms with Gasteiger partial charge in [0.2, 0.25) is 0 Å². The van der Waals surface area contributed by atoms with E-state index < -0.39 is 17.8 Å². The molecule has 4 rings (SSSR count). The highest BCUT2D eigenvalue weighted by Gasteiger charge is 2.36. The van der Waals surface area contributed by atoms with Crippen LogP contribution in [0.3, 0.4) is 0 Å². The lowest BCUT2D eigenvalue weighted by molar-refractivity contribution is 0.0519. The van der Waals surface area contributed by atoms with E-state index in [0.717, 1.165) is 0 Å². The summed E-state index contributed by atoms with van der Waals surface area (Å²) in [6.07, 6.45) is -1.21. The van der Waals surface area contributed by atoms with Gasteiger partial charge in [0.25, 0.3) is 11.8 Å². The van der Waals surface area contributed by atoms with Crippen LogP contribution in [-0.2, 0) is 17.8 Å². The molecular formula is C26H30N4O6. The number of carbonyl (C=O) groups excluding carboxylic acids is 3. The number of imide groups is 1. The van der Waals surface area contributed by atoms with Crippen molar-refractivity contribution in [1.82, 2.24) is 19.8 Å². The number of benzene rings is 2. The van der Waals surface area contributed by atoms with Gasteiger partial charge in [0.1, 0.15) is 23.8 Å². The van der Waals surface area contributed by atoms with Gasteiger partial charge in [-0.25, -0.2) is 9.78 Å². The Morgan fingerprint density at radius 1 is 1.11 bits per heavy atom. The maximum absolute atomic E-state index is 12.8. The number of hydrogen-bond donors (Lipinski definition) is 2. The number of rotatable bonds is 8. The highest BCUT2D eigenvalue weighted by molar-refractivity contribution is 6.21. The summed E-state index contributed by atoms with van der Waals surface area (Å²) in [5, 5.41) is 12.7. The Bertz CT molecular complexity index is 1270. The molecule has 0 unspecified atom stereocenters. The van der Waals surface area contributed by atoms with Crippen molar-refractivity contribution in [2.45, 2.75) is 52.5 Å². The van der Waals surface area contributed by atoms with Crippen LogP contribution in [0, 0.1) is 0 Å². The summed E-state index contributed by atoms with van der Waals surface area (Å²) in [6.45, 7) is 7.69. The van der Waals surface area contributed by atoms with Crippen LogP contribution in [-0.4, -0.2) is 62.3 Å². The van der Waals surface area contributed by atoms with Crippen molar-refractivity contribution in [1.29, 1.82) is 0 Å². The van der Waals surface area contributed by atoms with Gasteiger partial charge in [0, 0.05) is 6.07 Å². The van der Waals surface area contributed by atoms with Crippen molar-refractivity contribution in [2.75, 3.05) is 13.2 Å². The zero-order chi connectivity index (χ0) is 26.0. The third kappa shape index (κ3) is 5.49. The van der Waals surface area contributed by atoms with Crippen molar-refractivity contribution in [3.05, 3.63) is 59.4 Å². The number of imidazole rings is 1. The van der Waals surface area contributed by atoms with Gasteiger partial charge in [-0.2, -0.15) is 0 Å². The molecule has 2 N–H and O–H groups in total. The van der Waals surface area contributed by atoms with Crippen LogP contribution < -0.4 is 10.1 Å². The van der Waals surface area contributed by atoms with Crippen LogP contribution in [0.4, 0.5) is 4.79 Å². The zero-order valence-corrected chi connectivity index (χ0v) is 20.8. The van der Waals surface area contributed by atoms with E-state index in [0.29, 0.717) is 33.7 Å². The Hall–Kier alpha value is -3.92. The number of aliphatic hydroxyl groups is 1. The van der Waals surface area contributed by atoms with E-state index in [9.17, 15) is 19.5 Å². The van der Waals surface area contributed by atoms with Gasteiger partial charge in [0.05, 0.1) is 47.9 Å². The molecule has 1 aliphatic rings. The summed E-state index contributed by atoms with van der Waals surface area (Å²) in [4.78, 5) is 43.3. The Labute approximate surface area is 208 Å². The van der Waals surface area contributed by atoms with Gasteiger partial charge >= 0.3 is 6.09 Å². The molecule has 2 heterocycles. The van der Waals surface area contributed by atoms with E-state index in [-0.39, 0.29) is 38.1 Å². The molecule has 3 aromatic rings. The van der Waals surface area contributed by atoms with Gasteiger partial charge in [0.15, 0.2) is 0 Å². The van der Waals surface area contributed by atoms with E-state index in [1.54, 1.807) is 74.7 Å². The monoisotopic (exact) mass is 494 g/mol. The number of nitrogens with zero attached hydrogens (tertiary/aromatic N) is 3. The lowest BCUT2D eigenvalue weighted by atomic mass is 10.1. The first-order valence-electron chi connectivity index (χ1n) is 11.8. The summed E-state index contributed by atoms with van der Waals surface area (Å²) in [6, 6.07) is 12.0. The minimum absolute atomic E-state index is 0.0241. The molecule has 10 nitrogen and oxygen atoms in total. The molecular weight excluding hydrogens is 464 g/mol. The van der Waals surface area contributed by atoms with Crippen molar-refractivity contribution >= 4 is 28.9 Å². The molecule has 0 aliphatic carbocycles. The largest absolute Gasteiger partial charge is 0.492 e. The lowest BCUT2D eigenvalue weighted by Crippen LogP contribution is -2.34. The normalized spacial score (nSPS) is 14.2. The second-order valence-corrected chi connectivity index (χ2v) is 9.66. The quantitative estimate of drug-likeness (QED) is 0.364. The van der Waals surface area contributed by atoms with Crippen molar-refractivity contribution < 1.29 is 29.0 Å². The van der Waals surface area contributed by atoms with Crippen LogP contribution in [0.1, 0.15) is 54.2 Å². The second-order valence-electron chi connectivity index (χ2n) is 9.66. The van der Waals surface area contributed by atoms with Gasteiger partial charge in [-0.1, -0.05) is 12.1 Å². The van der Waals surface area contributed by atoms with E-state index in [2.05, 4.69) is 10.3 Å². The van der Waals surface area contributed by atoms with Crippen LogP contribution in [0.15, 0.2) is 42.5 Å². The SMILES string of the molecule is C[C@H](O)Cn1c(CN2C(=O)c3ccccc3C2=O)nc2ccc(OCCNC(=O)OC(C)(C)C)cc21. The third-order valence-corrected chi connectivity index (χ3v) is 5.46. The third-order valence-electron chi connectivity index (χ3n) is 5.46. The fraction of sp³-hybridized carbons (Fsp3) is 0.385. The molecule has 3 amide bonds. The smallest absolute Gasteiger partial charge is 0.407 e. The summed E-state index contributed by atoms with van der Waals surface area (Å²) in [5.41, 5.74) is 1.50. The van der Waals surface area contributed by atoms with Crippen molar-refractivity contribution in [3.8, 4) is 5.75 Å². The maximum Gasteiger partial charge on any atom is 0.407 e. The Kier molecular flexibility index (Phi) is 6.98. The average Bonchev–Trinajstić information content (AvgIpc) is 3.25. The van der Waals surface area contributed by atoms with E-state index in [1.807, 2.05) is 0 Å². The number of aliphatic hydroxyl groups excluding tert-OH is 1. The van der Waals surface area contributed by atoms with Gasteiger partial charge in [-0.3, -0.25) is 14.5 Å². The number of nitrogens with one attached hydrogen (secondary N) is 1. The van der Waals surface area contributed by atoms with Gasteiger partial charge in [-0.15, -0.1) is 0 Å². The molecule has 0 radical (unpaired) electrons. The molecule has 190 valence electrons. The van der Waals surface area contributed by atoms with E-state index in [1.165, 1.54) is 4.90 Å². The topological polar surface area (TPSA) is 123 Å². The van der Waals surface area contributed by atoms with E-state index in [4.69, 9.17) is 9.47 Å². The first-order chi connectivity index (χ1) is 17.0. The van der Waals surface area contributed by atoms with Gasteiger partial charge in [-0.05, 0) is 52.0 Å². The first-order valence-corrected chi connectivity index (χ1v) is 11.8. The van der Waals surface area contributed by atoms with Crippen molar-refractivity contribution in [3.63, 3.8) is 0 Å².